The highest BCUT2D eigenvalue weighted by Crippen LogP contribution is 2.31. The third-order valence-corrected chi connectivity index (χ3v) is 1.68. The average molecular weight is 235 g/mol. The van der Waals surface area contributed by atoms with Gasteiger partial charge in [0.15, 0.2) is 11.5 Å². The molecule has 1 aromatic rings. The van der Waals surface area contributed by atoms with E-state index in [1.807, 2.05) is 0 Å². The number of alkyl halides is 3. The number of ether oxygens (including phenoxy) is 2. The molecule has 0 amide bonds. The number of para-hydroxylation sites is 2. The molecule has 0 saturated carbocycles. The molecule has 1 aromatic carbocycles. The Hall–Kier alpha value is -1.43. The van der Waals surface area contributed by atoms with Gasteiger partial charge in [-0.2, -0.15) is 0 Å². The number of halogens is 3. The molecule has 0 aromatic heterocycles. The van der Waals surface area contributed by atoms with E-state index in [1.54, 1.807) is 13.1 Å². The normalized spacial score (nSPS) is 11.2. The molecule has 0 heterocycles. The van der Waals surface area contributed by atoms with E-state index in [4.69, 9.17) is 4.74 Å². The van der Waals surface area contributed by atoms with E-state index in [2.05, 4.69) is 10.1 Å². The maximum Gasteiger partial charge on any atom is 0.573 e. The lowest BCUT2D eigenvalue weighted by Gasteiger charge is -2.13. The number of likely N-dealkylation sites (N-methyl/N-ethyl adjacent to an activating group) is 1. The Morgan fingerprint density at radius 2 is 1.81 bits per heavy atom. The van der Waals surface area contributed by atoms with Gasteiger partial charge in [0, 0.05) is 6.54 Å². The summed E-state index contributed by atoms with van der Waals surface area (Å²) in [4.78, 5) is 0. The zero-order valence-corrected chi connectivity index (χ0v) is 8.67. The van der Waals surface area contributed by atoms with Gasteiger partial charge in [-0.25, -0.2) is 0 Å². The molecule has 1 rings (SSSR count). The maximum atomic E-state index is 12.0. The lowest BCUT2D eigenvalue weighted by atomic mass is 10.3. The van der Waals surface area contributed by atoms with Gasteiger partial charge >= 0.3 is 6.36 Å². The Labute approximate surface area is 91.2 Å². The first-order valence-electron chi connectivity index (χ1n) is 4.65. The van der Waals surface area contributed by atoms with E-state index in [1.165, 1.54) is 18.2 Å². The Balaban J connectivity index is 2.68. The lowest BCUT2D eigenvalue weighted by Crippen LogP contribution is -2.19. The Morgan fingerprint density at radius 3 is 2.38 bits per heavy atom. The van der Waals surface area contributed by atoms with Crippen LogP contribution in [0.25, 0.3) is 0 Å². The summed E-state index contributed by atoms with van der Waals surface area (Å²) in [5.74, 6) is -0.249. The zero-order chi connectivity index (χ0) is 12.0. The van der Waals surface area contributed by atoms with Gasteiger partial charge in [-0.15, -0.1) is 13.2 Å². The summed E-state index contributed by atoms with van der Waals surface area (Å²) in [6, 6.07) is 5.67. The van der Waals surface area contributed by atoms with Crippen LogP contribution in [0.1, 0.15) is 0 Å². The van der Waals surface area contributed by atoms with Gasteiger partial charge in [-0.05, 0) is 19.2 Å². The van der Waals surface area contributed by atoms with Crippen LogP contribution in [0.4, 0.5) is 13.2 Å². The summed E-state index contributed by atoms with van der Waals surface area (Å²) >= 11 is 0. The van der Waals surface area contributed by atoms with Crippen LogP contribution in [-0.4, -0.2) is 26.6 Å². The molecule has 3 nitrogen and oxygen atoms in total. The van der Waals surface area contributed by atoms with E-state index in [0.717, 1.165) is 0 Å². The van der Waals surface area contributed by atoms with Crippen molar-refractivity contribution in [2.75, 3.05) is 20.2 Å². The van der Waals surface area contributed by atoms with Gasteiger partial charge in [-0.3, -0.25) is 0 Å². The first-order chi connectivity index (χ1) is 7.53. The van der Waals surface area contributed by atoms with Crippen molar-refractivity contribution in [2.24, 2.45) is 0 Å². The minimum atomic E-state index is -4.71. The summed E-state index contributed by atoms with van der Waals surface area (Å²) < 4.78 is 45.0. The van der Waals surface area contributed by atoms with Crippen molar-refractivity contribution in [3.8, 4) is 11.5 Å². The van der Waals surface area contributed by atoms with Gasteiger partial charge in [0.2, 0.25) is 0 Å². The molecule has 0 unspecified atom stereocenters. The molecule has 0 radical (unpaired) electrons. The van der Waals surface area contributed by atoms with Crippen molar-refractivity contribution in [1.29, 1.82) is 0 Å². The van der Waals surface area contributed by atoms with Crippen molar-refractivity contribution in [2.45, 2.75) is 6.36 Å². The first-order valence-corrected chi connectivity index (χ1v) is 4.65. The molecule has 0 fully saturated rings. The molecule has 0 aliphatic carbocycles. The van der Waals surface area contributed by atoms with E-state index >= 15 is 0 Å². The van der Waals surface area contributed by atoms with Crippen LogP contribution in [0, 0.1) is 0 Å². The Kier molecular flexibility index (Phi) is 4.42. The van der Waals surface area contributed by atoms with E-state index in [-0.39, 0.29) is 18.1 Å². The summed E-state index contributed by atoms with van der Waals surface area (Å²) in [6.07, 6.45) is -4.71. The molecule has 0 bridgehead atoms. The molecule has 0 saturated heterocycles. The minimum Gasteiger partial charge on any atom is -0.488 e. The van der Waals surface area contributed by atoms with Gasteiger partial charge in [0.05, 0.1) is 0 Å². The van der Waals surface area contributed by atoms with E-state index in [9.17, 15) is 13.2 Å². The third kappa shape index (κ3) is 4.39. The fraction of sp³-hybridized carbons (Fsp3) is 0.400. The number of benzene rings is 1. The number of hydrogen-bond donors (Lipinski definition) is 1. The second-order valence-corrected chi connectivity index (χ2v) is 2.95. The Bertz CT molecular complexity index is 328. The third-order valence-electron chi connectivity index (χ3n) is 1.68. The highest BCUT2D eigenvalue weighted by Gasteiger charge is 2.32. The average Bonchev–Trinajstić information content (AvgIpc) is 2.19. The number of rotatable bonds is 5. The summed E-state index contributed by atoms with van der Waals surface area (Å²) in [7, 11) is 1.72. The zero-order valence-electron chi connectivity index (χ0n) is 8.67. The smallest absolute Gasteiger partial charge is 0.488 e. The van der Waals surface area contributed by atoms with Crippen molar-refractivity contribution < 1.29 is 22.6 Å². The predicted molar refractivity (Wildman–Crippen MR) is 52.5 cm³/mol. The van der Waals surface area contributed by atoms with E-state index < -0.39 is 6.36 Å². The predicted octanol–water partition coefficient (Wildman–Crippen LogP) is 2.18. The van der Waals surface area contributed by atoms with Crippen LogP contribution in [-0.2, 0) is 0 Å². The SMILES string of the molecule is CNCCOc1ccccc1OC(F)(F)F. The van der Waals surface area contributed by atoms with Crippen LogP contribution < -0.4 is 14.8 Å². The minimum absolute atomic E-state index is 0.0788. The summed E-state index contributed by atoms with van der Waals surface area (Å²) in [5, 5.41) is 2.82. The number of hydrogen-bond acceptors (Lipinski definition) is 3. The molecule has 0 aliphatic rings. The molecule has 90 valence electrons. The highest BCUT2D eigenvalue weighted by molar-refractivity contribution is 5.39. The van der Waals surface area contributed by atoms with Crippen molar-refractivity contribution in [1.82, 2.24) is 5.32 Å². The van der Waals surface area contributed by atoms with Gasteiger partial charge in [0.25, 0.3) is 0 Å². The number of nitrogens with one attached hydrogen (secondary N) is 1. The van der Waals surface area contributed by atoms with Gasteiger partial charge in [0.1, 0.15) is 6.61 Å². The summed E-state index contributed by atoms with van der Waals surface area (Å²) in [5.41, 5.74) is 0. The highest BCUT2D eigenvalue weighted by atomic mass is 19.4. The van der Waals surface area contributed by atoms with Crippen LogP contribution >= 0.6 is 0 Å². The molecule has 0 aliphatic heterocycles. The second-order valence-electron chi connectivity index (χ2n) is 2.95. The standard InChI is InChI=1S/C10H12F3NO2/c1-14-6-7-15-8-4-2-3-5-9(8)16-10(11,12)13/h2-5,14H,6-7H2,1H3. The van der Waals surface area contributed by atoms with E-state index in [0.29, 0.717) is 6.54 Å². The van der Waals surface area contributed by atoms with Crippen LogP contribution in [0.3, 0.4) is 0 Å². The second kappa shape index (κ2) is 5.60. The fourth-order valence-corrected chi connectivity index (χ4v) is 1.04. The molecular weight excluding hydrogens is 223 g/mol. The van der Waals surface area contributed by atoms with Crippen molar-refractivity contribution in [3.63, 3.8) is 0 Å². The lowest BCUT2D eigenvalue weighted by molar-refractivity contribution is -0.275. The molecule has 16 heavy (non-hydrogen) atoms. The van der Waals surface area contributed by atoms with Crippen molar-refractivity contribution in [3.05, 3.63) is 24.3 Å². The Morgan fingerprint density at radius 1 is 1.19 bits per heavy atom. The molecule has 0 spiro atoms. The van der Waals surface area contributed by atoms with Crippen LogP contribution in [0.15, 0.2) is 24.3 Å². The van der Waals surface area contributed by atoms with Crippen LogP contribution in [0.2, 0.25) is 0 Å². The quantitative estimate of drug-likeness (QED) is 0.793. The molecular formula is C10H12F3NO2. The molecule has 0 atom stereocenters. The maximum absolute atomic E-state index is 12.0. The summed E-state index contributed by atoms with van der Waals surface area (Å²) in [6.45, 7) is 0.815. The largest absolute Gasteiger partial charge is 0.573 e. The van der Waals surface area contributed by atoms with Crippen molar-refractivity contribution >= 4 is 0 Å². The van der Waals surface area contributed by atoms with Crippen LogP contribution in [0.5, 0.6) is 11.5 Å². The van der Waals surface area contributed by atoms with Gasteiger partial charge in [-0.1, -0.05) is 12.1 Å². The monoisotopic (exact) mass is 235 g/mol. The molecule has 1 N–H and O–H groups in total. The fourth-order valence-electron chi connectivity index (χ4n) is 1.04. The van der Waals surface area contributed by atoms with Gasteiger partial charge < -0.3 is 14.8 Å². The molecule has 6 heteroatoms. The topological polar surface area (TPSA) is 30.5 Å². The first kappa shape index (κ1) is 12.6.